The third-order valence-electron chi connectivity index (χ3n) is 2.33. The van der Waals surface area contributed by atoms with E-state index in [1.807, 2.05) is 6.92 Å². The summed E-state index contributed by atoms with van der Waals surface area (Å²) < 4.78 is 21.5. The van der Waals surface area contributed by atoms with Crippen molar-refractivity contribution < 1.29 is 8.42 Å². The van der Waals surface area contributed by atoms with Gasteiger partial charge in [-0.3, -0.25) is 0 Å². The SMILES string of the molecule is CC1(CS(=O)(=O)Cl)CCCC1. The van der Waals surface area contributed by atoms with E-state index < -0.39 is 9.05 Å². The first kappa shape index (κ1) is 9.33. The first-order valence-corrected chi connectivity index (χ1v) is 6.32. The van der Waals surface area contributed by atoms with Gasteiger partial charge in [0.15, 0.2) is 0 Å². The Morgan fingerprint density at radius 2 is 1.82 bits per heavy atom. The van der Waals surface area contributed by atoms with Crippen molar-refractivity contribution in [2.45, 2.75) is 32.6 Å². The van der Waals surface area contributed by atoms with Crippen LogP contribution in [0.3, 0.4) is 0 Å². The molecule has 1 saturated carbocycles. The minimum atomic E-state index is -3.29. The topological polar surface area (TPSA) is 34.1 Å². The smallest absolute Gasteiger partial charge is 0.212 e. The molecule has 0 atom stereocenters. The molecule has 0 unspecified atom stereocenters. The molecule has 1 aliphatic carbocycles. The van der Waals surface area contributed by atoms with Crippen LogP contribution in [-0.4, -0.2) is 14.2 Å². The third kappa shape index (κ3) is 2.99. The average Bonchev–Trinajstić information content (AvgIpc) is 2.09. The van der Waals surface area contributed by atoms with Crippen molar-refractivity contribution in [1.82, 2.24) is 0 Å². The fourth-order valence-electron chi connectivity index (χ4n) is 1.79. The summed E-state index contributed by atoms with van der Waals surface area (Å²) in [4.78, 5) is 0. The van der Waals surface area contributed by atoms with Crippen LogP contribution in [0, 0.1) is 5.41 Å². The lowest BCUT2D eigenvalue weighted by Gasteiger charge is -2.20. The Labute approximate surface area is 72.4 Å². The first-order chi connectivity index (χ1) is 4.91. The van der Waals surface area contributed by atoms with E-state index in [-0.39, 0.29) is 11.2 Å². The van der Waals surface area contributed by atoms with Gasteiger partial charge in [0.1, 0.15) is 0 Å². The van der Waals surface area contributed by atoms with E-state index in [9.17, 15) is 8.42 Å². The first-order valence-electron chi connectivity index (χ1n) is 3.84. The van der Waals surface area contributed by atoms with Crippen molar-refractivity contribution in [3.63, 3.8) is 0 Å². The van der Waals surface area contributed by atoms with Crippen LogP contribution in [0.1, 0.15) is 32.6 Å². The van der Waals surface area contributed by atoms with E-state index in [0.717, 1.165) is 25.7 Å². The maximum absolute atomic E-state index is 10.8. The largest absolute Gasteiger partial charge is 0.233 e. The molecule has 1 rings (SSSR count). The Bertz CT molecular complexity index is 227. The molecule has 11 heavy (non-hydrogen) atoms. The molecular formula is C7H13ClO2S. The maximum atomic E-state index is 10.8. The molecule has 0 aliphatic heterocycles. The van der Waals surface area contributed by atoms with E-state index in [2.05, 4.69) is 0 Å². The fourth-order valence-corrected chi connectivity index (χ4v) is 3.70. The van der Waals surface area contributed by atoms with Gasteiger partial charge in [-0.1, -0.05) is 19.8 Å². The van der Waals surface area contributed by atoms with Gasteiger partial charge in [-0.15, -0.1) is 0 Å². The lowest BCUT2D eigenvalue weighted by Crippen LogP contribution is -2.20. The van der Waals surface area contributed by atoms with Crippen LogP contribution >= 0.6 is 10.7 Å². The normalized spacial score (nSPS) is 23.8. The van der Waals surface area contributed by atoms with E-state index in [1.165, 1.54) is 0 Å². The third-order valence-corrected chi connectivity index (χ3v) is 3.70. The van der Waals surface area contributed by atoms with E-state index in [1.54, 1.807) is 0 Å². The highest BCUT2D eigenvalue weighted by molar-refractivity contribution is 8.13. The van der Waals surface area contributed by atoms with Gasteiger partial charge in [0.2, 0.25) is 9.05 Å². The monoisotopic (exact) mass is 196 g/mol. The predicted molar refractivity (Wildman–Crippen MR) is 46.2 cm³/mol. The second kappa shape index (κ2) is 2.94. The fraction of sp³-hybridized carbons (Fsp3) is 1.00. The molecule has 0 aromatic rings. The molecule has 66 valence electrons. The molecule has 1 fully saturated rings. The summed E-state index contributed by atoms with van der Waals surface area (Å²) >= 11 is 0. The summed E-state index contributed by atoms with van der Waals surface area (Å²) in [6.45, 7) is 2.00. The summed E-state index contributed by atoms with van der Waals surface area (Å²) in [5.74, 6) is 0.140. The van der Waals surface area contributed by atoms with Gasteiger partial charge < -0.3 is 0 Å². The van der Waals surface area contributed by atoms with Gasteiger partial charge in [0.05, 0.1) is 5.75 Å². The molecule has 0 radical (unpaired) electrons. The zero-order valence-electron chi connectivity index (χ0n) is 6.64. The quantitative estimate of drug-likeness (QED) is 0.635. The Balaban J connectivity index is 2.60. The van der Waals surface area contributed by atoms with Gasteiger partial charge >= 0.3 is 0 Å². The Hall–Kier alpha value is 0.240. The Kier molecular flexibility index (Phi) is 2.49. The van der Waals surface area contributed by atoms with Gasteiger partial charge in [-0.25, -0.2) is 8.42 Å². The van der Waals surface area contributed by atoms with E-state index in [4.69, 9.17) is 10.7 Å². The molecule has 0 heterocycles. The number of hydrogen-bond acceptors (Lipinski definition) is 2. The zero-order valence-corrected chi connectivity index (χ0v) is 8.21. The lowest BCUT2D eigenvalue weighted by atomic mass is 9.92. The van der Waals surface area contributed by atoms with Crippen LogP contribution < -0.4 is 0 Å². The highest BCUT2D eigenvalue weighted by Gasteiger charge is 2.32. The highest BCUT2D eigenvalue weighted by atomic mass is 35.7. The van der Waals surface area contributed by atoms with Crippen LogP contribution in [0.5, 0.6) is 0 Å². The molecular weight excluding hydrogens is 184 g/mol. The molecule has 2 nitrogen and oxygen atoms in total. The van der Waals surface area contributed by atoms with Crippen LogP contribution in [0.15, 0.2) is 0 Å². The summed E-state index contributed by atoms with van der Waals surface area (Å²) in [5.41, 5.74) is -0.0411. The molecule has 4 heteroatoms. The molecule has 0 amide bonds. The van der Waals surface area contributed by atoms with Crippen LogP contribution in [0.2, 0.25) is 0 Å². The summed E-state index contributed by atoms with van der Waals surface area (Å²) in [6, 6.07) is 0. The summed E-state index contributed by atoms with van der Waals surface area (Å²) in [5, 5.41) is 0. The van der Waals surface area contributed by atoms with Crippen molar-refractivity contribution >= 4 is 19.7 Å². The van der Waals surface area contributed by atoms with Crippen LogP contribution in [0.4, 0.5) is 0 Å². The second-order valence-corrected chi connectivity index (χ2v) is 6.48. The number of hydrogen-bond donors (Lipinski definition) is 0. The standard InChI is InChI=1S/C7H13ClO2S/c1-7(4-2-3-5-7)6-11(8,9)10/h2-6H2,1H3. The Morgan fingerprint density at radius 3 is 2.18 bits per heavy atom. The highest BCUT2D eigenvalue weighted by Crippen LogP contribution is 2.39. The van der Waals surface area contributed by atoms with Crippen molar-refractivity contribution in [1.29, 1.82) is 0 Å². The van der Waals surface area contributed by atoms with Gasteiger partial charge in [-0.2, -0.15) is 0 Å². The maximum Gasteiger partial charge on any atom is 0.233 e. The van der Waals surface area contributed by atoms with Gasteiger partial charge in [0, 0.05) is 10.7 Å². The van der Waals surface area contributed by atoms with Crippen molar-refractivity contribution in [3.8, 4) is 0 Å². The molecule has 0 saturated heterocycles. The van der Waals surface area contributed by atoms with Crippen LogP contribution in [-0.2, 0) is 9.05 Å². The van der Waals surface area contributed by atoms with Crippen molar-refractivity contribution in [3.05, 3.63) is 0 Å². The van der Waals surface area contributed by atoms with E-state index >= 15 is 0 Å². The molecule has 0 bridgehead atoms. The number of halogens is 1. The van der Waals surface area contributed by atoms with Crippen molar-refractivity contribution in [2.75, 3.05) is 5.75 Å². The van der Waals surface area contributed by atoms with E-state index in [0.29, 0.717) is 0 Å². The van der Waals surface area contributed by atoms with Gasteiger partial charge in [0.25, 0.3) is 0 Å². The molecule has 0 spiro atoms. The summed E-state index contributed by atoms with van der Waals surface area (Å²) in [6.07, 6.45) is 4.28. The second-order valence-electron chi connectivity index (χ2n) is 3.70. The molecule has 1 aliphatic rings. The zero-order chi connectivity index (χ0) is 8.54. The molecule has 0 aromatic heterocycles. The number of rotatable bonds is 2. The minimum absolute atomic E-state index is 0.0411. The van der Waals surface area contributed by atoms with Crippen molar-refractivity contribution in [2.24, 2.45) is 5.41 Å². The minimum Gasteiger partial charge on any atom is -0.212 e. The van der Waals surface area contributed by atoms with Crippen LogP contribution in [0.25, 0.3) is 0 Å². The van der Waals surface area contributed by atoms with Gasteiger partial charge in [-0.05, 0) is 18.3 Å². The predicted octanol–water partition coefficient (Wildman–Crippen LogP) is 2.14. The summed E-state index contributed by atoms with van der Waals surface area (Å²) in [7, 11) is 1.88. The average molecular weight is 197 g/mol. The molecule has 0 aromatic carbocycles. The lowest BCUT2D eigenvalue weighted by molar-refractivity contribution is 0.384. The molecule has 0 N–H and O–H groups in total. The Morgan fingerprint density at radius 1 is 1.36 bits per heavy atom.